The molecule has 1 aliphatic rings. The first kappa shape index (κ1) is 30.3. The molecule has 0 amide bonds. The lowest BCUT2D eigenvalue weighted by molar-refractivity contribution is -0.150. The van der Waals surface area contributed by atoms with Crippen LogP contribution in [0.15, 0.2) is 21.9 Å². The highest BCUT2D eigenvalue weighted by molar-refractivity contribution is 5.69. The predicted octanol–water partition coefficient (Wildman–Crippen LogP) is 4.88. The van der Waals surface area contributed by atoms with E-state index >= 15 is 0 Å². The van der Waals surface area contributed by atoms with E-state index in [1.807, 2.05) is 14.1 Å². The van der Waals surface area contributed by atoms with Gasteiger partial charge in [0.15, 0.2) is 0 Å². The number of ether oxygens (including phenoxy) is 2. The summed E-state index contributed by atoms with van der Waals surface area (Å²) in [6, 6.07) is 1.33. The Morgan fingerprint density at radius 1 is 1.00 bits per heavy atom. The van der Waals surface area contributed by atoms with Crippen LogP contribution >= 0.6 is 0 Å². The number of nitrogens with zero attached hydrogens (tertiary/aromatic N) is 3. The Kier molecular flexibility index (Phi) is 14.1. The van der Waals surface area contributed by atoms with Gasteiger partial charge in [0.1, 0.15) is 18.9 Å². The summed E-state index contributed by atoms with van der Waals surface area (Å²) in [7, 11) is 3.97. The summed E-state index contributed by atoms with van der Waals surface area (Å²) in [6.07, 6.45) is 15.7. The van der Waals surface area contributed by atoms with Crippen molar-refractivity contribution in [1.82, 2.24) is 14.0 Å². The Morgan fingerprint density at radius 3 is 2.25 bits per heavy atom. The summed E-state index contributed by atoms with van der Waals surface area (Å²) in [6.45, 7) is 4.79. The van der Waals surface area contributed by atoms with Crippen molar-refractivity contribution in [3.63, 3.8) is 0 Å². The molecule has 36 heavy (non-hydrogen) atoms. The van der Waals surface area contributed by atoms with E-state index in [1.165, 1.54) is 48.9 Å². The first-order chi connectivity index (χ1) is 17.3. The van der Waals surface area contributed by atoms with Crippen molar-refractivity contribution in [2.75, 3.05) is 20.6 Å². The lowest BCUT2D eigenvalue weighted by Crippen LogP contribution is -2.42. The van der Waals surface area contributed by atoms with Crippen LogP contribution in [0.2, 0.25) is 0 Å². The van der Waals surface area contributed by atoms with E-state index in [1.54, 1.807) is 0 Å². The van der Waals surface area contributed by atoms with Gasteiger partial charge in [-0.25, -0.2) is 9.36 Å². The normalized spacial score (nSPS) is 18.6. The maximum atomic E-state index is 13.1. The maximum absolute atomic E-state index is 13.1. The summed E-state index contributed by atoms with van der Waals surface area (Å²) in [5.41, 5.74) is -1.02. The third-order valence-corrected chi connectivity index (χ3v) is 6.90. The SMILES string of the molecule is CCCCCCCCC(CCCCCC)OC(=O)Cn1c(=O)ccn(C2CCC(CN(C)C)O2)c1=O. The fourth-order valence-corrected chi connectivity index (χ4v) is 4.89. The van der Waals surface area contributed by atoms with Crippen LogP contribution in [0.1, 0.15) is 110 Å². The molecule has 1 saturated heterocycles. The molecule has 8 heteroatoms. The van der Waals surface area contributed by atoms with Crippen molar-refractivity contribution in [1.29, 1.82) is 0 Å². The van der Waals surface area contributed by atoms with Gasteiger partial charge in [-0.3, -0.25) is 14.2 Å². The van der Waals surface area contributed by atoms with Crippen LogP contribution in [-0.2, 0) is 20.8 Å². The van der Waals surface area contributed by atoms with Gasteiger partial charge in [-0.2, -0.15) is 0 Å². The van der Waals surface area contributed by atoms with Gasteiger partial charge in [0, 0.05) is 18.8 Å². The van der Waals surface area contributed by atoms with Crippen LogP contribution in [0.25, 0.3) is 0 Å². The van der Waals surface area contributed by atoms with Crippen LogP contribution in [0.3, 0.4) is 0 Å². The quantitative estimate of drug-likeness (QED) is 0.208. The third-order valence-electron chi connectivity index (χ3n) is 6.90. The van der Waals surface area contributed by atoms with Crippen molar-refractivity contribution in [2.45, 2.75) is 129 Å². The molecular weight excluding hydrogens is 458 g/mol. The molecule has 206 valence electrons. The van der Waals surface area contributed by atoms with Crippen LogP contribution in [0, 0.1) is 0 Å². The summed E-state index contributed by atoms with van der Waals surface area (Å²) < 4.78 is 14.3. The van der Waals surface area contributed by atoms with Crippen LogP contribution in [0.5, 0.6) is 0 Å². The van der Waals surface area contributed by atoms with E-state index in [0.717, 1.165) is 62.5 Å². The molecule has 2 rings (SSSR count). The Labute approximate surface area is 217 Å². The van der Waals surface area contributed by atoms with Crippen molar-refractivity contribution in [3.05, 3.63) is 33.1 Å². The van der Waals surface area contributed by atoms with Gasteiger partial charge >= 0.3 is 11.7 Å². The largest absolute Gasteiger partial charge is 0.461 e. The number of unbranched alkanes of at least 4 members (excludes halogenated alkanes) is 8. The molecule has 1 aromatic rings. The number of hydrogen-bond acceptors (Lipinski definition) is 6. The molecule has 0 aliphatic carbocycles. The first-order valence-electron chi connectivity index (χ1n) is 14.2. The van der Waals surface area contributed by atoms with Gasteiger partial charge in [-0.05, 0) is 52.6 Å². The molecule has 0 saturated carbocycles. The van der Waals surface area contributed by atoms with E-state index in [9.17, 15) is 14.4 Å². The van der Waals surface area contributed by atoms with Gasteiger partial charge in [-0.15, -0.1) is 0 Å². The minimum atomic E-state index is -0.523. The summed E-state index contributed by atoms with van der Waals surface area (Å²) >= 11 is 0. The molecular formula is C28H49N3O5. The van der Waals surface area contributed by atoms with Crippen LogP contribution in [-0.4, -0.2) is 52.9 Å². The van der Waals surface area contributed by atoms with Crippen LogP contribution in [0.4, 0.5) is 0 Å². The number of hydrogen-bond donors (Lipinski definition) is 0. The zero-order chi connectivity index (χ0) is 26.3. The molecule has 1 fully saturated rings. The molecule has 8 nitrogen and oxygen atoms in total. The number of likely N-dealkylation sites (N-methyl/N-ethyl adjacent to an activating group) is 1. The van der Waals surface area contributed by atoms with E-state index in [0.29, 0.717) is 6.42 Å². The Balaban J connectivity index is 1.98. The number of esters is 1. The highest BCUT2D eigenvalue weighted by atomic mass is 16.5. The van der Waals surface area contributed by atoms with Crippen molar-refractivity contribution >= 4 is 5.97 Å². The van der Waals surface area contributed by atoms with E-state index in [2.05, 4.69) is 18.7 Å². The summed E-state index contributed by atoms with van der Waals surface area (Å²) in [5.74, 6) is -0.517. The van der Waals surface area contributed by atoms with Crippen molar-refractivity contribution in [3.8, 4) is 0 Å². The third kappa shape index (κ3) is 10.6. The lowest BCUT2D eigenvalue weighted by Gasteiger charge is -2.20. The van der Waals surface area contributed by atoms with Crippen molar-refractivity contribution < 1.29 is 14.3 Å². The zero-order valence-electron chi connectivity index (χ0n) is 23.1. The second-order valence-electron chi connectivity index (χ2n) is 10.5. The Bertz CT molecular complexity index is 879. The topological polar surface area (TPSA) is 82.8 Å². The highest BCUT2D eigenvalue weighted by Crippen LogP contribution is 2.27. The molecule has 1 aromatic heterocycles. The number of aromatic nitrogens is 2. The van der Waals surface area contributed by atoms with Gasteiger partial charge in [0.05, 0.1) is 6.10 Å². The number of carbonyl (C=O) groups excluding carboxylic acids is 1. The highest BCUT2D eigenvalue weighted by Gasteiger charge is 2.28. The van der Waals surface area contributed by atoms with E-state index in [-0.39, 0.29) is 18.8 Å². The molecule has 0 aromatic carbocycles. The standard InChI is InChI=1S/C28H49N3O5/c1-5-7-9-11-12-14-16-23(15-13-10-8-6-2)36-27(33)22-31-25(32)19-20-30(28(31)34)26-18-17-24(35-26)21-29(3)4/h19-20,23-24,26H,5-18,21-22H2,1-4H3. The summed E-state index contributed by atoms with van der Waals surface area (Å²) in [5, 5.41) is 0. The summed E-state index contributed by atoms with van der Waals surface area (Å²) in [4.78, 5) is 40.5. The van der Waals surface area contributed by atoms with E-state index < -0.39 is 23.4 Å². The van der Waals surface area contributed by atoms with E-state index in [4.69, 9.17) is 9.47 Å². The monoisotopic (exact) mass is 507 g/mol. The molecule has 0 bridgehead atoms. The molecule has 0 N–H and O–H groups in total. The molecule has 0 radical (unpaired) electrons. The molecule has 0 spiro atoms. The Hall–Kier alpha value is -1.93. The molecule has 3 atom stereocenters. The molecule has 1 aliphatic heterocycles. The van der Waals surface area contributed by atoms with Gasteiger partial charge in [-0.1, -0.05) is 65.2 Å². The smallest absolute Gasteiger partial charge is 0.333 e. The molecule has 3 unspecified atom stereocenters. The first-order valence-corrected chi connectivity index (χ1v) is 14.2. The number of carbonyl (C=O) groups is 1. The second kappa shape index (κ2) is 16.7. The maximum Gasteiger partial charge on any atom is 0.333 e. The average Bonchev–Trinajstić information content (AvgIpc) is 3.28. The zero-order valence-corrected chi connectivity index (χ0v) is 23.1. The fourth-order valence-electron chi connectivity index (χ4n) is 4.89. The average molecular weight is 508 g/mol. The van der Waals surface area contributed by atoms with Gasteiger partial charge in [0.2, 0.25) is 0 Å². The molecule has 2 heterocycles. The Morgan fingerprint density at radius 2 is 1.61 bits per heavy atom. The fraction of sp³-hybridized carbons (Fsp3) is 0.821. The van der Waals surface area contributed by atoms with Gasteiger partial charge in [0.25, 0.3) is 5.56 Å². The van der Waals surface area contributed by atoms with Crippen molar-refractivity contribution in [2.24, 2.45) is 0 Å². The minimum absolute atomic E-state index is 0.0395. The minimum Gasteiger partial charge on any atom is -0.461 e. The number of rotatable bonds is 18. The van der Waals surface area contributed by atoms with Crippen LogP contribution < -0.4 is 11.2 Å². The van der Waals surface area contributed by atoms with Gasteiger partial charge < -0.3 is 14.4 Å². The predicted molar refractivity (Wildman–Crippen MR) is 143 cm³/mol. The lowest BCUT2D eigenvalue weighted by atomic mass is 10.0. The second-order valence-corrected chi connectivity index (χ2v) is 10.5.